The smallest absolute Gasteiger partial charge is 0.252 e. The highest BCUT2D eigenvalue weighted by atomic mass is 127. The molecule has 23 heavy (non-hydrogen) atoms. The topological polar surface area (TPSA) is 32.3 Å². The average molecular weight is 428 g/mol. The molecule has 0 saturated carbocycles. The first-order valence-corrected chi connectivity index (χ1v) is 9.81. The minimum Gasteiger partial charge on any atom is -0.352 e. The van der Waals surface area contributed by atoms with E-state index in [0.29, 0.717) is 0 Å². The lowest BCUT2D eigenvalue weighted by molar-refractivity contribution is 0.0950. The van der Waals surface area contributed by atoms with Crippen molar-refractivity contribution in [3.63, 3.8) is 0 Å². The Morgan fingerprint density at radius 1 is 1.26 bits per heavy atom. The van der Waals surface area contributed by atoms with Crippen molar-refractivity contribution in [1.82, 2.24) is 10.2 Å². The fourth-order valence-electron chi connectivity index (χ4n) is 3.55. The maximum atomic E-state index is 12.2. The van der Waals surface area contributed by atoms with Crippen LogP contribution < -0.4 is 5.32 Å². The van der Waals surface area contributed by atoms with E-state index in [4.69, 9.17) is 0 Å². The first-order valence-electron chi connectivity index (χ1n) is 8.73. The van der Waals surface area contributed by atoms with Crippen molar-refractivity contribution >= 4 is 28.5 Å². The number of carbonyl (C=O) groups is 1. The summed E-state index contributed by atoms with van der Waals surface area (Å²) >= 11 is 2.25. The van der Waals surface area contributed by atoms with Gasteiger partial charge in [0.1, 0.15) is 0 Å². The van der Waals surface area contributed by atoms with E-state index in [1.165, 1.54) is 19.5 Å². The van der Waals surface area contributed by atoms with Gasteiger partial charge in [0.25, 0.3) is 5.91 Å². The average Bonchev–Trinajstić information content (AvgIpc) is 2.48. The summed E-state index contributed by atoms with van der Waals surface area (Å²) in [4.78, 5) is 14.8. The molecule has 1 aliphatic heterocycles. The zero-order valence-corrected chi connectivity index (χ0v) is 16.7. The van der Waals surface area contributed by atoms with E-state index < -0.39 is 0 Å². The van der Waals surface area contributed by atoms with Crippen LogP contribution in [0.2, 0.25) is 0 Å². The van der Waals surface area contributed by atoms with Crippen molar-refractivity contribution < 1.29 is 4.79 Å². The molecule has 4 heteroatoms. The second-order valence-electron chi connectivity index (χ2n) is 7.11. The second kappa shape index (κ2) is 9.02. The van der Waals surface area contributed by atoms with E-state index >= 15 is 0 Å². The third kappa shape index (κ3) is 5.75. The van der Waals surface area contributed by atoms with Crippen LogP contribution in [0.3, 0.4) is 0 Å². The molecule has 2 rings (SSSR count). The van der Waals surface area contributed by atoms with Gasteiger partial charge in [0.05, 0.1) is 5.56 Å². The Labute approximate surface area is 154 Å². The lowest BCUT2D eigenvalue weighted by atomic mass is 9.92. The molecule has 1 fully saturated rings. The molecule has 1 N–H and O–H groups in total. The van der Waals surface area contributed by atoms with Gasteiger partial charge in [-0.05, 0) is 78.8 Å². The summed E-state index contributed by atoms with van der Waals surface area (Å²) < 4.78 is 1.05. The standard InChI is InChI=1S/C19H29IN2O/c1-14-11-15(2)13-22(12-14)10-5-4-9-21-19(23)17-8-6-7-16(3)18(17)20/h6-8,14-15H,4-5,9-13H2,1-3H3,(H,21,23)/t14-,15+. The largest absolute Gasteiger partial charge is 0.352 e. The first-order chi connectivity index (χ1) is 11.0. The second-order valence-corrected chi connectivity index (χ2v) is 8.18. The maximum absolute atomic E-state index is 12.2. The predicted molar refractivity (Wildman–Crippen MR) is 105 cm³/mol. The van der Waals surface area contributed by atoms with Crippen LogP contribution in [0, 0.1) is 22.3 Å². The van der Waals surface area contributed by atoms with Gasteiger partial charge >= 0.3 is 0 Å². The Balaban J connectivity index is 1.67. The summed E-state index contributed by atoms with van der Waals surface area (Å²) in [6.07, 6.45) is 3.57. The number of nitrogens with zero attached hydrogens (tertiary/aromatic N) is 1. The van der Waals surface area contributed by atoms with Gasteiger partial charge in [-0.1, -0.05) is 26.0 Å². The Hall–Kier alpha value is -0.620. The summed E-state index contributed by atoms with van der Waals surface area (Å²) in [5.74, 6) is 1.70. The molecule has 1 heterocycles. The van der Waals surface area contributed by atoms with Gasteiger partial charge in [0, 0.05) is 23.2 Å². The Bertz CT molecular complexity index is 522. The molecular formula is C19H29IN2O. The lowest BCUT2D eigenvalue weighted by Crippen LogP contribution is -2.39. The molecule has 3 nitrogen and oxygen atoms in total. The highest BCUT2D eigenvalue weighted by Gasteiger charge is 2.21. The van der Waals surface area contributed by atoms with Crippen LogP contribution >= 0.6 is 22.6 Å². The van der Waals surface area contributed by atoms with Gasteiger partial charge in [0.15, 0.2) is 0 Å². The summed E-state index contributed by atoms with van der Waals surface area (Å²) in [5, 5.41) is 3.06. The third-order valence-corrected chi connectivity index (χ3v) is 6.00. The molecule has 1 aliphatic rings. The number of hydrogen-bond acceptors (Lipinski definition) is 2. The molecule has 0 radical (unpaired) electrons. The molecule has 0 unspecified atom stereocenters. The minimum atomic E-state index is 0.0540. The van der Waals surface area contributed by atoms with Crippen molar-refractivity contribution in [2.75, 3.05) is 26.2 Å². The van der Waals surface area contributed by atoms with Gasteiger partial charge in [0.2, 0.25) is 0 Å². The Kier molecular flexibility index (Phi) is 7.34. The predicted octanol–water partition coefficient (Wildman–Crippen LogP) is 4.09. The molecule has 128 valence electrons. The van der Waals surface area contributed by atoms with Crippen LogP contribution in [0.25, 0.3) is 0 Å². The molecule has 1 saturated heterocycles. The SMILES string of the molecule is Cc1cccc(C(=O)NCCCCN2C[C@H](C)C[C@H](C)C2)c1I. The molecule has 1 amide bonds. The van der Waals surface area contributed by atoms with Crippen molar-refractivity contribution in [3.05, 3.63) is 32.9 Å². The van der Waals surface area contributed by atoms with Crippen LogP contribution in [0.15, 0.2) is 18.2 Å². The summed E-state index contributed by atoms with van der Waals surface area (Å²) in [6.45, 7) is 11.1. The lowest BCUT2D eigenvalue weighted by Gasteiger charge is -2.34. The van der Waals surface area contributed by atoms with Crippen molar-refractivity contribution in [1.29, 1.82) is 0 Å². The van der Waals surface area contributed by atoms with Crippen molar-refractivity contribution in [2.24, 2.45) is 11.8 Å². The van der Waals surface area contributed by atoms with Gasteiger partial charge in [-0.25, -0.2) is 0 Å². The monoisotopic (exact) mass is 428 g/mol. The number of amides is 1. The van der Waals surface area contributed by atoms with E-state index in [2.05, 4.69) is 46.7 Å². The van der Waals surface area contributed by atoms with Crippen LogP contribution in [0.1, 0.15) is 49.0 Å². The molecule has 0 spiro atoms. The first kappa shape index (κ1) is 18.7. The fraction of sp³-hybridized carbons (Fsp3) is 0.632. The van der Waals surface area contributed by atoms with Crippen molar-refractivity contribution in [3.8, 4) is 0 Å². The Morgan fingerprint density at radius 2 is 1.96 bits per heavy atom. The maximum Gasteiger partial charge on any atom is 0.252 e. The number of benzene rings is 1. The zero-order chi connectivity index (χ0) is 16.8. The van der Waals surface area contributed by atoms with Gasteiger partial charge in [-0.3, -0.25) is 4.79 Å². The van der Waals surface area contributed by atoms with Gasteiger partial charge in [-0.2, -0.15) is 0 Å². The molecule has 0 aliphatic carbocycles. The molecule has 1 aromatic carbocycles. The van der Waals surface area contributed by atoms with Crippen LogP contribution in [0.4, 0.5) is 0 Å². The molecular weight excluding hydrogens is 399 g/mol. The minimum absolute atomic E-state index is 0.0540. The van der Waals surface area contributed by atoms with E-state index in [9.17, 15) is 4.79 Å². The van der Waals surface area contributed by atoms with E-state index in [1.807, 2.05) is 25.1 Å². The molecule has 1 aromatic rings. The van der Waals surface area contributed by atoms with E-state index in [0.717, 1.165) is 52.5 Å². The van der Waals surface area contributed by atoms with Crippen molar-refractivity contribution in [2.45, 2.75) is 40.0 Å². The summed E-state index contributed by atoms with van der Waals surface area (Å²) in [5.41, 5.74) is 1.95. The van der Waals surface area contributed by atoms with E-state index in [-0.39, 0.29) is 5.91 Å². The molecule has 2 atom stereocenters. The third-order valence-electron chi connectivity index (χ3n) is 4.57. The summed E-state index contributed by atoms with van der Waals surface area (Å²) in [7, 11) is 0. The molecule has 0 aromatic heterocycles. The normalized spacial score (nSPS) is 22.1. The number of halogens is 1. The number of likely N-dealkylation sites (tertiary alicyclic amines) is 1. The van der Waals surface area contributed by atoms with E-state index in [1.54, 1.807) is 0 Å². The van der Waals surface area contributed by atoms with Crippen LogP contribution in [-0.4, -0.2) is 37.0 Å². The van der Waals surface area contributed by atoms with Crippen LogP contribution in [-0.2, 0) is 0 Å². The number of piperidine rings is 1. The van der Waals surface area contributed by atoms with Crippen LogP contribution in [0.5, 0.6) is 0 Å². The van der Waals surface area contributed by atoms with Gasteiger partial charge < -0.3 is 10.2 Å². The number of nitrogens with one attached hydrogen (secondary N) is 1. The number of carbonyl (C=O) groups excluding carboxylic acids is 1. The van der Waals surface area contributed by atoms with Gasteiger partial charge in [-0.15, -0.1) is 0 Å². The fourth-order valence-corrected chi connectivity index (χ4v) is 4.16. The zero-order valence-electron chi connectivity index (χ0n) is 14.6. The Morgan fingerprint density at radius 3 is 2.65 bits per heavy atom. The summed E-state index contributed by atoms with van der Waals surface area (Å²) in [6, 6.07) is 5.89. The highest BCUT2D eigenvalue weighted by molar-refractivity contribution is 14.1. The number of hydrogen-bond donors (Lipinski definition) is 1. The quantitative estimate of drug-likeness (QED) is 0.547. The molecule has 0 bridgehead atoms. The number of aryl methyl sites for hydroxylation is 1. The number of unbranched alkanes of at least 4 members (excludes halogenated alkanes) is 1. The highest BCUT2D eigenvalue weighted by Crippen LogP contribution is 2.21. The number of rotatable bonds is 6.